The minimum atomic E-state index is -1.23. The van der Waals surface area contributed by atoms with E-state index in [-0.39, 0.29) is 10.9 Å². The molecule has 20 heavy (non-hydrogen) atoms. The average Bonchev–Trinajstić information content (AvgIpc) is 2.89. The summed E-state index contributed by atoms with van der Waals surface area (Å²) in [5.41, 5.74) is 0.914. The van der Waals surface area contributed by atoms with Crippen LogP contribution in [0.2, 0.25) is 0 Å². The maximum Gasteiger partial charge on any atom is 0.144 e. The van der Waals surface area contributed by atoms with Crippen LogP contribution in [-0.4, -0.2) is 34.8 Å². The normalized spacial score (nSPS) is 21.3. The number of hydrogen-bond acceptors (Lipinski definition) is 4. The highest BCUT2D eigenvalue weighted by Gasteiger charge is 2.25. The van der Waals surface area contributed by atoms with Crippen LogP contribution >= 0.6 is 0 Å². The van der Waals surface area contributed by atoms with E-state index in [1.54, 1.807) is 6.21 Å². The van der Waals surface area contributed by atoms with Crippen LogP contribution in [0, 0.1) is 0 Å². The van der Waals surface area contributed by atoms with Crippen molar-refractivity contribution in [3.8, 4) is 5.75 Å². The molecule has 1 aliphatic rings. The summed E-state index contributed by atoms with van der Waals surface area (Å²) in [4.78, 5) is 0. The second-order valence-electron chi connectivity index (χ2n) is 5.77. The van der Waals surface area contributed by atoms with Gasteiger partial charge in [-0.3, -0.25) is 0 Å². The number of rotatable bonds is 4. The quantitative estimate of drug-likeness (QED) is 0.634. The lowest BCUT2D eigenvalue weighted by atomic mass is 10.2. The molecule has 1 heterocycles. The maximum atomic E-state index is 11.8. The second kappa shape index (κ2) is 6.61. The van der Waals surface area contributed by atoms with Gasteiger partial charge < -0.3 is 14.0 Å². The Balaban J connectivity index is 1.92. The van der Waals surface area contributed by atoms with E-state index in [1.165, 1.54) is 0 Å². The van der Waals surface area contributed by atoms with Crippen molar-refractivity contribution in [2.75, 3.05) is 13.2 Å². The number of ether oxygens (including phenoxy) is 2. The fourth-order valence-electron chi connectivity index (χ4n) is 1.70. The van der Waals surface area contributed by atoms with E-state index in [2.05, 4.69) is 4.40 Å². The molecular weight excluding hydrogens is 274 g/mol. The predicted octanol–water partition coefficient (Wildman–Crippen LogP) is 2.74. The molecule has 1 aromatic rings. The minimum absolute atomic E-state index is 0.155. The van der Waals surface area contributed by atoms with Crippen LogP contribution in [0.4, 0.5) is 0 Å². The first-order valence-corrected chi connectivity index (χ1v) is 7.86. The summed E-state index contributed by atoms with van der Waals surface area (Å²) in [6.07, 6.45) is 2.74. The zero-order valence-electron chi connectivity index (χ0n) is 12.2. The highest BCUT2D eigenvalue weighted by molar-refractivity contribution is 7.91. The SMILES string of the molecule is CC(C)(C)[S+]([O-])N=Cc1ccc(O[C@@H]2CCOC2)cc1. The summed E-state index contributed by atoms with van der Waals surface area (Å²) in [5.74, 6) is 0.828. The number of nitrogens with zero attached hydrogens (tertiary/aromatic N) is 1. The Kier molecular flexibility index (Phi) is 5.07. The average molecular weight is 295 g/mol. The lowest BCUT2D eigenvalue weighted by Crippen LogP contribution is -2.25. The molecule has 0 bridgehead atoms. The van der Waals surface area contributed by atoms with Gasteiger partial charge in [0.1, 0.15) is 28.0 Å². The zero-order chi connectivity index (χ0) is 14.6. The Morgan fingerprint density at radius 3 is 2.60 bits per heavy atom. The topological polar surface area (TPSA) is 53.9 Å². The molecule has 0 spiro atoms. The summed E-state index contributed by atoms with van der Waals surface area (Å²) in [5, 5.41) is 0. The molecule has 0 radical (unpaired) electrons. The third kappa shape index (κ3) is 4.51. The second-order valence-corrected chi connectivity index (χ2v) is 7.70. The molecule has 5 heteroatoms. The molecule has 2 atom stereocenters. The van der Waals surface area contributed by atoms with E-state index in [4.69, 9.17) is 9.47 Å². The van der Waals surface area contributed by atoms with Gasteiger partial charge in [-0.05, 0) is 50.6 Å². The van der Waals surface area contributed by atoms with Crippen LogP contribution in [0.25, 0.3) is 0 Å². The van der Waals surface area contributed by atoms with E-state index < -0.39 is 11.4 Å². The molecule has 0 amide bonds. The van der Waals surface area contributed by atoms with Crippen molar-refractivity contribution in [2.24, 2.45) is 4.40 Å². The highest BCUT2D eigenvalue weighted by atomic mass is 32.2. The monoisotopic (exact) mass is 295 g/mol. The van der Waals surface area contributed by atoms with Crippen molar-refractivity contribution < 1.29 is 14.0 Å². The summed E-state index contributed by atoms with van der Waals surface area (Å²) in [7, 11) is 0. The molecule has 110 valence electrons. The van der Waals surface area contributed by atoms with Crippen LogP contribution in [0.15, 0.2) is 28.7 Å². The molecule has 0 N–H and O–H groups in total. The van der Waals surface area contributed by atoms with Gasteiger partial charge in [0.15, 0.2) is 0 Å². The maximum absolute atomic E-state index is 11.8. The van der Waals surface area contributed by atoms with Gasteiger partial charge in [-0.1, -0.05) is 4.40 Å². The highest BCUT2D eigenvalue weighted by Crippen LogP contribution is 2.19. The van der Waals surface area contributed by atoms with Crippen LogP contribution in [0.5, 0.6) is 5.75 Å². The standard InChI is InChI=1S/C15H21NO3S/c1-15(2,3)20(17)16-10-12-4-6-13(7-5-12)19-14-8-9-18-11-14/h4-7,10,14H,8-9,11H2,1-3H3/t14-,20?/m1/s1. The molecule has 4 nitrogen and oxygen atoms in total. The molecule has 1 unspecified atom stereocenters. The van der Waals surface area contributed by atoms with Gasteiger partial charge >= 0.3 is 0 Å². The predicted molar refractivity (Wildman–Crippen MR) is 81.8 cm³/mol. The Labute approximate surface area is 123 Å². The summed E-state index contributed by atoms with van der Waals surface area (Å²) >= 11 is -1.23. The minimum Gasteiger partial charge on any atom is -0.591 e. The molecule has 1 aliphatic heterocycles. The Morgan fingerprint density at radius 1 is 1.35 bits per heavy atom. The van der Waals surface area contributed by atoms with Gasteiger partial charge in [0, 0.05) is 6.42 Å². The van der Waals surface area contributed by atoms with Crippen molar-refractivity contribution >= 4 is 17.6 Å². The van der Waals surface area contributed by atoms with Crippen molar-refractivity contribution in [1.29, 1.82) is 0 Å². The van der Waals surface area contributed by atoms with Gasteiger partial charge in [-0.15, -0.1) is 0 Å². The largest absolute Gasteiger partial charge is 0.591 e. The fourth-order valence-corrected chi connectivity index (χ4v) is 2.23. The molecule has 1 saturated heterocycles. The third-order valence-corrected chi connectivity index (χ3v) is 4.24. The molecular formula is C15H21NO3S. The van der Waals surface area contributed by atoms with Crippen molar-refractivity contribution in [1.82, 2.24) is 0 Å². The van der Waals surface area contributed by atoms with Gasteiger partial charge in [0.05, 0.1) is 19.4 Å². The van der Waals surface area contributed by atoms with E-state index >= 15 is 0 Å². The molecule has 0 aliphatic carbocycles. The van der Waals surface area contributed by atoms with E-state index in [1.807, 2.05) is 45.0 Å². The van der Waals surface area contributed by atoms with E-state index in [0.29, 0.717) is 6.61 Å². The van der Waals surface area contributed by atoms with Crippen molar-refractivity contribution in [3.05, 3.63) is 29.8 Å². The zero-order valence-corrected chi connectivity index (χ0v) is 13.0. The van der Waals surface area contributed by atoms with Crippen molar-refractivity contribution in [2.45, 2.75) is 38.0 Å². The van der Waals surface area contributed by atoms with E-state index in [9.17, 15) is 4.55 Å². The van der Waals surface area contributed by atoms with Crippen molar-refractivity contribution in [3.63, 3.8) is 0 Å². The van der Waals surface area contributed by atoms with E-state index in [0.717, 1.165) is 24.3 Å². The molecule has 0 saturated carbocycles. The molecule has 2 rings (SSSR count). The number of hydrogen-bond donors (Lipinski definition) is 0. The Hall–Kier alpha value is -1.04. The molecule has 1 aromatic carbocycles. The van der Waals surface area contributed by atoms with Gasteiger partial charge in [0.2, 0.25) is 0 Å². The van der Waals surface area contributed by atoms with Crippen LogP contribution < -0.4 is 4.74 Å². The van der Waals surface area contributed by atoms with Crippen LogP contribution in [0.3, 0.4) is 0 Å². The van der Waals surface area contributed by atoms with Gasteiger partial charge in [-0.25, -0.2) is 0 Å². The Morgan fingerprint density at radius 2 is 2.05 bits per heavy atom. The van der Waals surface area contributed by atoms with Crippen LogP contribution in [0.1, 0.15) is 32.8 Å². The smallest absolute Gasteiger partial charge is 0.144 e. The summed E-state index contributed by atoms with van der Waals surface area (Å²) in [6, 6.07) is 7.63. The first kappa shape index (κ1) is 15.4. The Bertz CT molecular complexity index is 447. The van der Waals surface area contributed by atoms with Crippen LogP contribution in [-0.2, 0) is 16.1 Å². The summed E-state index contributed by atoms with van der Waals surface area (Å²) < 4.78 is 26.6. The number of benzene rings is 1. The molecule has 1 fully saturated rings. The molecule has 0 aromatic heterocycles. The van der Waals surface area contributed by atoms with Gasteiger partial charge in [0.25, 0.3) is 0 Å². The lowest BCUT2D eigenvalue weighted by Gasteiger charge is -2.17. The van der Waals surface area contributed by atoms with Gasteiger partial charge in [-0.2, -0.15) is 0 Å². The first-order chi connectivity index (χ1) is 9.45. The summed E-state index contributed by atoms with van der Waals surface area (Å²) in [6.45, 7) is 7.14. The fraction of sp³-hybridized carbons (Fsp3) is 0.533. The lowest BCUT2D eigenvalue weighted by molar-refractivity contribution is 0.141. The third-order valence-electron chi connectivity index (χ3n) is 2.89. The first-order valence-electron chi connectivity index (χ1n) is 6.76.